The smallest absolute Gasteiger partial charge is 0.275 e. The number of rotatable bonds is 12. The Labute approximate surface area is 217 Å². The highest BCUT2D eigenvalue weighted by atomic mass is 19.1. The van der Waals surface area contributed by atoms with Crippen LogP contribution >= 0.6 is 0 Å². The van der Waals surface area contributed by atoms with Gasteiger partial charge in [-0.2, -0.15) is 10.1 Å². The first kappa shape index (κ1) is 26.7. The highest BCUT2D eigenvalue weighted by Crippen LogP contribution is 2.24. The lowest BCUT2D eigenvalue weighted by atomic mass is 10.1. The van der Waals surface area contributed by atoms with Crippen LogP contribution in [0.25, 0.3) is 17.0 Å². The number of halogens is 2. The minimum absolute atomic E-state index is 0.0334. The summed E-state index contributed by atoms with van der Waals surface area (Å²) in [5, 5.41) is 6.76. The van der Waals surface area contributed by atoms with E-state index in [1.807, 2.05) is 6.07 Å². The summed E-state index contributed by atoms with van der Waals surface area (Å²) in [5.41, 5.74) is 1.54. The Kier molecular flexibility index (Phi) is 8.58. The molecule has 0 saturated carbocycles. The molecule has 2 amide bonds. The zero-order valence-corrected chi connectivity index (χ0v) is 20.9. The molecule has 0 aliphatic carbocycles. The van der Waals surface area contributed by atoms with Crippen molar-refractivity contribution in [3.8, 4) is 17.0 Å². The van der Waals surface area contributed by atoms with Crippen LogP contribution in [0.5, 0.6) is 5.75 Å². The molecule has 1 aromatic carbocycles. The fourth-order valence-electron chi connectivity index (χ4n) is 3.69. The lowest BCUT2D eigenvalue weighted by molar-refractivity contribution is 0.0673. The van der Waals surface area contributed by atoms with Crippen LogP contribution in [0.15, 0.2) is 48.9 Å². The summed E-state index contributed by atoms with van der Waals surface area (Å²) in [5.74, 6) is 0.0925. The highest BCUT2D eigenvalue weighted by Gasteiger charge is 2.25. The van der Waals surface area contributed by atoms with Gasteiger partial charge in [-0.25, -0.2) is 13.8 Å². The van der Waals surface area contributed by atoms with Gasteiger partial charge in [-0.3, -0.25) is 18.7 Å². The summed E-state index contributed by atoms with van der Waals surface area (Å²) in [6, 6.07) is 8.72. The molecule has 4 rings (SSSR count). The number of ether oxygens (including phenoxy) is 2. The molecule has 13 heteroatoms. The van der Waals surface area contributed by atoms with E-state index in [1.165, 1.54) is 15.8 Å². The number of nitrogens with zero attached hydrogens (tertiary/aromatic N) is 6. The Morgan fingerprint density at radius 3 is 2.71 bits per heavy atom. The summed E-state index contributed by atoms with van der Waals surface area (Å²) in [4.78, 5) is 36.3. The Morgan fingerprint density at radius 1 is 1.11 bits per heavy atom. The van der Waals surface area contributed by atoms with E-state index in [-0.39, 0.29) is 43.4 Å². The van der Waals surface area contributed by atoms with E-state index in [2.05, 4.69) is 20.4 Å². The van der Waals surface area contributed by atoms with Crippen molar-refractivity contribution in [2.45, 2.75) is 0 Å². The van der Waals surface area contributed by atoms with Gasteiger partial charge in [0.1, 0.15) is 37.2 Å². The Morgan fingerprint density at radius 2 is 1.92 bits per heavy atom. The quantitative estimate of drug-likeness (QED) is 0.282. The third-order valence-electron chi connectivity index (χ3n) is 5.57. The minimum atomic E-state index is -0.603. The predicted octanol–water partition coefficient (Wildman–Crippen LogP) is 2.79. The van der Waals surface area contributed by atoms with Crippen molar-refractivity contribution in [3.05, 3.63) is 60.2 Å². The standard InChI is InChI=1S/C25H27F2N7O4/c1-32(10-13-37-11-7-26)24(36)19-15-28-33(2)22(19)23(35)30-21-6-9-34-16-20(29-25(34)31-21)17-4-3-5-18(14-17)38-12-8-27/h3-6,9,14-16H,7-8,10-13H2,1-2H3,(H,29,30,31,35). The molecule has 0 radical (unpaired) electrons. The Hall–Kier alpha value is -4.39. The van der Waals surface area contributed by atoms with Crippen molar-refractivity contribution in [1.82, 2.24) is 29.0 Å². The first-order valence-corrected chi connectivity index (χ1v) is 11.8. The average molecular weight is 528 g/mol. The second-order valence-electron chi connectivity index (χ2n) is 8.22. The fraction of sp³-hybridized carbons (Fsp3) is 0.320. The molecule has 3 aromatic heterocycles. The number of nitrogens with one attached hydrogen (secondary N) is 1. The SMILES string of the molecule is CN(CCOCCF)C(=O)c1cnn(C)c1C(=O)Nc1ccn2cc(-c3cccc(OCCF)c3)nc2n1. The molecule has 0 aliphatic rings. The number of aryl methyl sites for hydroxylation is 1. The van der Waals surface area contributed by atoms with E-state index in [9.17, 15) is 18.4 Å². The minimum Gasteiger partial charge on any atom is -0.491 e. The van der Waals surface area contributed by atoms with Crippen LogP contribution in [-0.2, 0) is 11.8 Å². The van der Waals surface area contributed by atoms with Crippen LogP contribution in [-0.4, -0.2) is 87.6 Å². The van der Waals surface area contributed by atoms with Crippen molar-refractivity contribution in [3.63, 3.8) is 0 Å². The van der Waals surface area contributed by atoms with E-state index in [4.69, 9.17) is 9.47 Å². The van der Waals surface area contributed by atoms with Gasteiger partial charge >= 0.3 is 0 Å². The number of amides is 2. The third-order valence-corrected chi connectivity index (χ3v) is 5.57. The number of alkyl halides is 2. The maximum Gasteiger partial charge on any atom is 0.275 e. The molecule has 0 fully saturated rings. The van der Waals surface area contributed by atoms with Crippen LogP contribution in [0.2, 0.25) is 0 Å². The molecule has 0 spiro atoms. The van der Waals surface area contributed by atoms with Crippen LogP contribution in [0.1, 0.15) is 20.8 Å². The van der Waals surface area contributed by atoms with Gasteiger partial charge in [0.05, 0.1) is 30.7 Å². The largest absolute Gasteiger partial charge is 0.491 e. The van der Waals surface area contributed by atoms with Crippen LogP contribution in [0.3, 0.4) is 0 Å². The number of hydrogen-bond acceptors (Lipinski definition) is 7. The number of imidazole rings is 1. The number of fused-ring (bicyclic) bond motifs is 1. The van der Waals surface area contributed by atoms with Gasteiger partial charge in [-0.1, -0.05) is 12.1 Å². The highest BCUT2D eigenvalue weighted by molar-refractivity contribution is 6.10. The molecule has 1 N–H and O–H groups in total. The van der Waals surface area contributed by atoms with Crippen molar-refractivity contribution in [2.75, 3.05) is 52.1 Å². The van der Waals surface area contributed by atoms with Crippen molar-refractivity contribution in [1.29, 1.82) is 0 Å². The molecule has 0 saturated heterocycles. The fourth-order valence-corrected chi connectivity index (χ4v) is 3.69. The molecule has 200 valence electrons. The number of benzene rings is 1. The van der Waals surface area contributed by atoms with E-state index >= 15 is 0 Å². The summed E-state index contributed by atoms with van der Waals surface area (Å²) in [6.07, 6.45) is 4.78. The predicted molar refractivity (Wildman–Crippen MR) is 135 cm³/mol. The number of carbonyl (C=O) groups excluding carboxylic acids is 2. The van der Waals surface area contributed by atoms with E-state index < -0.39 is 25.2 Å². The van der Waals surface area contributed by atoms with Gasteiger partial charge in [-0.15, -0.1) is 0 Å². The van der Waals surface area contributed by atoms with Crippen LogP contribution < -0.4 is 10.1 Å². The summed E-state index contributed by atoms with van der Waals surface area (Å²) < 4.78 is 38.1. The van der Waals surface area contributed by atoms with Crippen molar-refractivity contribution < 1.29 is 27.8 Å². The van der Waals surface area contributed by atoms with Gasteiger partial charge in [0.25, 0.3) is 11.8 Å². The summed E-state index contributed by atoms with van der Waals surface area (Å²) in [6.45, 7) is -0.875. The van der Waals surface area contributed by atoms with Crippen molar-refractivity contribution in [2.24, 2.45) is 7.05 Å². The lowest BCUT2D eigenvalue weighted by Gasteiger charge is -2.17. The Balaban J connectivity index is 1.49. The topological polar surface area (TPSA) is 116 Å². The average Bonchev–Trinajstić information content (AvgIpc) is 3.52. The number of aromatic nitrogens is 5. The number of carbonyl (C=O) groups is 2. The van der Waals surface area contributed by atoms with Gasteiger partial charge in [-0.05, 0) is 18.2 Å². The monoisotopic (exact) mass is 527 g/mol. The molecular weight excluding hydrogens is 500 g/mol. The molecule has 11 nitrogen and oxygen atoms in total. The van der Waals surface area contributed by atoms with Crippen LogP contribution in [0.4, 0.5) is 14.6 Å². The number of hydrogen-bond donors (Lipinski definition) is 1. The first-order chi connectivity index (χ1) is 18.4. The van der Waals surface area contributed by atoms with Gasteiger partial charge in [0.2, 0.25) is 5.78 Å². The van der Waals surface area contributed by atoms with E-state index in [1.54, 1.807) is 55.2 Å². The van der Waals surface area contributed by atoms with E-state index in [0.717, 1.165) is 5.56 Å². The molecular formula is C25H27F2N7O4. The molecule has 0 atom stereocenters. The van der Waals surface area contributed by atoms with Crippen molar-refractivity contribution >= 4 is 23.4 Å². The normalized spacial score (nSPS) is 11.1. The van der Waals surface area contributed by atoms with Gasteiger partial charge < -0.3 is 19.7 Å². The van der Waals surface area contributed by atoms with Gasteiger partial charge in [0, 0.05) is 38.6 Å². The van der Waals surface area contributed by atoms with E-state index in [0.29, 0.717) is 17.2 Å². The molecule has 0 unspecified atom stereocenters. The van der Waals surface area contributed by atoms with Crippen LogP contribution in [0, 0.1) is 0 Å². The lowest BCUT2D eigenvalue weighted by Crippen LogP contribution is -2.32. The second kappa shape index (κ2) is 12.2. The molecule has 0 aliphatic heterocycles. The molecule has 3 heterocycles. The summed E-state index contributed by atoms with van der Waals surface area (Å²) in [7, 11) is 3.11. The third kappa shape index (κ3) is 6.11. The first-order valence-electron chi connectivity index (χ1n) is 11.8. The molecule has 4 aromatic rings. The molecule has 0 bridgehead atoms. The zero-order valence-electron chi connectivity index (χ0n) is 20.9. The second-order valence-corrected chi connectivity index (χ2v) is 8.22. The maximum absolute atomic E-state index is 13.1. The maximum atomic E-state index is 13.1. The number of likely N-dealkylation sites (N-methyl/N-ethyl adjacent to an activating group) is 1. The zero-order chi connectivity index (χ0) is 27.1. The Bertz CT molecular complexity index is 1420. The summed E-state index contributed by atoms with van der Waals surface area (Å²) >= 11 is 0. The molecule has 38 heavy (non-hydrogen) atoms. The number of anilines is 1. The van der Waals surface area contributed by atoms with Gasteiger partial charge in [0.15, 0.2) is 0 Å².